The van der Waals surface area contributed by atoms with E-state index in [0.29, 0.717) is 30.8 Å². The van der Waals surface area contributed by atoms with Gasteiger partial charge in [0.25, 0.3) is 0 Å². The number of Topliss-reactive ketones (excluding diaryl/α,β-unsaturated/α-hetero) is 1. The highest BCUT2D eigenvalue weighted by Gasteiger charge is 2.41. The van der Waals surface area contributed by atoms with Gasteiger partial charge < -0.3 is 19.9 Å². The SMILES string of the molecule is CCCCOc1ccc([C@@H]2C(C(=O)OCC)=C(N)OC3=C2C(=O)CCC3)cc1. The Morgan fingerprint density at radius 3 is 2.64 bits per heavy atom. The Hall–Kier alpha value is -2.76. The summed E-state index contributed by atoms with van der Waals surface area (Å²) >= 11 is 0. The molecule has 0 saturated carbocycles. The van der Waals surface area contributed by atoms with E-state index < -0.39 is 11.9 Å². The smallest absolute Gasteiger partial charge is 0.340 e. The van der Waals surface area contributed by atoms with Crippen molar-refractivity contribution in [1.29, 1.82) is 0 Å². The van der Waals surface area contributed by atoms with Crippen LogP contribution in [-0.2, 0) is 19.1 Å². The van der Waals surface area contributed by atoms with Crippen LogP contribution in [0, 0.1) is 0 Å². The van der Waals surface area contributed by atoms with Gasteiger partial charge in [-0.05, 0) is 37.5 Å². The first-order chi connectivity index (χ1) is 13.6. The fourth-order valence-corrected chi connectivity index (χ4v) is 3.59. The van der Waals surface area contributed by atoms with Crippen molar-refractivity contribution in [2.45, 2.75) is 51.9 Å². The molecule has 6 nitrogen and oxygen atoms in total. The second-order valence-corrected chi connectivity index (χ2v) is 6.92. The van der Waals surface area contributed by atoms with Crippen LogP contribution >= 0.6 is 0 Å². The highest BCUT2D eigenvalue weighted by atomic mass is 16.5. The molecule has 0 fully saturated rings. The summed E-state index contributed by atoms with van der Waals surface area (Å²) < 4.78 is 16.6. The molecule has 1 atom stereocenters. The number of hydrogen-bond acceptors (Lipinski definition) is 6. The van der Waals surface area contributed by atoms with Crippen LogP contribution < -0.4 is 10.5 Å². The molecule has 0 aromatic heterocycles. The Balaban J connectivity index is 1.98. The monoisotopic (exact) mass is 385 g/mol. The number of benzene rings is 1. The van der Waals surface area contributed by atoms with Crippen molar-refractivity contribution in [3.05, 3.63) is 52.6 Å². The summed E-state index contributed by atoms with van der Waals surface area (Å²) in [5.74, 6) is 0.181. The minimum Gasteiger partial charge on any atom is -0.494 e. The Bertz CT molecular complexity index is 807. The second-order valence-electron chi connectivity index (χ2n) is 6.92. The van der Waals surface area contributed by atoms with Crippen molar-refractivity contribution < 1.29 is 23.8 Å². The third-order valence-corrected chi connectivity index (χ3v) is 4.96. The predicted octanol–water partition coefficient (Wildman–Crippen LogP) is 3.72. The van der Waals surface area contributed by atoms with Gasteiger partial charge in [0.15, 0.2) is 5.78 Å². The fourth-order valence-electron chi connectivity index (χ4n) is 3.59. The van der Waals surface area contributed by atoms with E-state index in [1.807, 2.05) is 24.3 Å². The van der Waals surface area contributed by atoms with E-state index >= 15 is 0 Å². The number of ether oxygens (including phenoxy) is 3. The molecule has 0 radical (unpaired) electrons. The number of allylic oxidation sites excluding steroid dienone is 2. The largest absolute Gasteiger partial charge is 0.494 e. The predicted molar refractivity (Wildman–Crippen MR) is 104 cm³/mol. The van der Waals surface area contributed by atoms with Crippen molar-refractivity contribution in [2.75, 3.05) is 13.2 Å². The maximum Gasteiger partial charge on any atom is 0.340 e. The topological polar surface area (TPSA) is 87.8 Å². The molecule has 150 valence electrons. The Labute approximate surface area is 165 Å². The number of nitrogens with two attached hydrogens (primary N) is 1. The number of carbonyl (C=O) groups excluding carboxylic acids is 2. The molecule has 0 spiro atoms. The quantitative estimate of drug-likeness (QED) is 0.568. The third-order valence-electron chi connectivity index (χ3n) is 4.96. The molecular weight excluding hydrogens is 358 g/mol. The normalized spacial score (nSPS) is 19.2. The van der Waals surface area contributed by atoms with Crippen LogP contribution in [0.1, 0.15) is 57.4 Å². The van der Waals surface area contributed by atoms with E-state index in [1.54, 1.807) is 6.92 Å². The lowest BCUT2D eigenvalue weighted by molar-refractivity contribution is -0.139. The summed E-state index contributed by atoms with van der Waals surface area (Å²) in [7, 11) is 0. The molecule has 3 rings (SSSR count). The van der Waals surface area contributed by atoms with E-state index in [4.69, 9.17) is 19.9 Å². The summed E-state index contributed by atoms with van der Waals surface area (Å²) in [6.07, 6.45) is 3.83. The van der Waals surface area contributed by atoms with Crippen molar-refractivity contribution in [1.82, 2.24) is 0 Å². The number of carbonyl (C=O) groups is 2. The van der Waals surface area contributed by atoms with Gasteiger partial charge in [-0.2, -0.15) is 0 Å². The van der Waals surface area contributed by atoms with Crippen LogP contribution in [0.15, 0.2) is 47.1 Å². The summed E-state index contributed by atoms with van der Waals surface area (Å²) in [6.45, 7) is 4.71. The maximum absolute atomic E-state index is 12.7. The standard InChI is InChI=1S/C22H27NO5/c1-3-5-13-27-15-11-9-14(10-12-15)18-19-16(24)7-6-8-17(19)28-21(23)20(18)22(25)26-4-2/h9-12,18H,3-8,13,23H2,1-2H3/t18-/m0/s1. The molecule has 1 aromatic rings. The molecule has 0 bridgehead atoms. The van der Waals surface area contributed by atoms with Crippen LogP contribution in [0.4, 0.5) is 0 Å². The van der Waals surface area contributed by atoms with Crippen LogP contribution in [0.2, 0.25) is 0 Å². The molecule has 6 heteroatoms. The lowest BCUT2D eigenvalue weighted by atomic mass is 9.77. The van der Waals surface area contributed by atoms with Gasteiger partial charge in [0.1, 0.15) is 17.1 Å². The first kappa shape index (κ1) is 20.0. The third kappa shape index (κ3) is 4.06. The molecule has 1 heterocycles. The molecule has 0 amide bonds. The van der Waals surface area contributed by atoms with Gasteiger partial charge in [0.05, 0.1) is 19.1 Å². The Morgan fingerprint density at radius 2 is 1.96 bits per heavy atom. The molecule has 1 aromatic carbocycles. The molecule has 0 unspecified atom stereocenters. The lowest BCUT2D eigenvalue weighted by Gasteiger charge is -2.32. The highest BCUT2D eigenvalue weighted by Crippen LogP contribution is 2.44. The van der Waals surface area contributed by atoms with Gasteiger partial charge in [-0.3, -0.25) is 4.79 Å². The molecular formula is C22H27NO5. The van der Waals surface area contributed by atoms with Crippen LogP contribution in [0.25, 0.3) is 0 Å². The Kier molecular flexibility index (Phi) is 6.39. The maximum atomic E-state index is 12.7. The van der Waals surface area contributed by atoms with E-state index in [0.717, 1.165) is 30.6 Å². The van der Waals surface area contributed by atoms with Crippen molar-refractivity contribution in [2.24, 2.45) is 5.73 Å². The first-order valence-corrected chi connectivity index (χ1v) is 9.90. The summed E-state index contributed by atoms with van der Waals surface area (Å²) in [6, 6.07) is 7.45. The number of unbranched alkanes of at least 4 members (excludes halogenated alkanes) is 1. The highest BCUT2D eigenvalue weighted by molar-refractivity contribution is 6.03. The zero-order valence-electron chi connectivity index (χ0n) is 16.5. The number of rotatable bonds is 7. The Morgan fingerprint density at radius 1 is 1.21 bits per heavy atom. The lowest BCUT2D eigenvalue weighted by Crippen LogP contribution is -2.31. The molecule has 2 N–H and O–H groups in total. The van der Waals surface area contributed by atoms with Gasteiger partial charge >= 0.3 is 5.97 Å². The van der Waals surface area contributed by atoms with Gasteiger partial charge in [-0.25, -0.2) is 4.79 Å². The molecule has 0 saturated heterocycles. The van der Waals surface area contributed by atoms with Crippen molar-refractivity contribution in [3.63, 3.8) is 0 Å². The summed E-state index contributed by atoms with van der Waals surface area (Å²) in [5, 5.41) is 0. The average molecular weight is 385 g/mol. The molecule has 1 aliphatic carbocycles. The molecule has 1 aliphatic heterocycles. The fraction of sp³-hybridized carbons (Fsp3) is 0.455. The zero-order chi connectivity index (χ0) is 20.1. The van der Waals surface area contributed by atoms with Crippen LogP contribution in [-0.4, -0.2) is 25.0 Å². The van der Waals surface area contributed by atoms with E-state index in [-0.39, 0.29) is 23.8 Å². The second kappa shape index (κ2) is 8.95. The molecule has 28 heavy (non-hydrogen) atoms. The minimum absolute atomic E-state index is 0.0104. The van der Waals surface area contributed by atoms with Crippen molar-refractivity contribution in [3.8, 4) is 5.75 Å². The van der Waals surface area contributed by atoms with E-state index in [1.165, 1.54) is 0 Å². The first-order valence-electron chi connectivity index (χ1n) is 9.90. The van der Waals surface area contributed by atoms with Crippen LogP contribution in [0.3, 0.4) is 0 Å². The van der Waals surface area contributed by atoms with E-state index in [2.05, 4.69) is 6.92 Å². The number of hydrogen-bond donors (Lipinski definition) is 1. The van der Waals surface area contributed by atoms with Crippen molar-refractivity contribution >= 4 is 11.8 Å². The number of esters is 1. The number of ketones is 1. The summed E-state index contributed by atoms with van der Waals surface area (Å²) in [5.41, 5.74) is 7.59. The molecule has 2 aliphatic rings. The van der Waals surface area contributed by atoms with Gasteiger partial charge in [0, 0.05) is 18.4 Å². The van der Waals surface area contributed by atoms with Gasteiger partial charge in [-0.15, -0.1) is 0 Å². The van der Waals surface area contributed by atoms with Gasteiger partial charge in [-0.1, -0.05) is 25.5 Å². The summed E-state index contributed by atoms with van der Waals surface area (Å²) in [4.78, 5) is 25.3. The average Bonchev–Trinajstić information content (AvgIpc) is 2.68. The minimum atomic E-state index is -0.583. The van der Waals surface area contributed by atoms with Gasteiger partial charge in [0.2, 0.25) is 5.88 Å². The van der Waals surface area contributed by atoms with E-state index in [9.17, 15) is 9.59 Å². The zero-order valence-corrected chi connectivity index (χ0v) is 16.5. The van der Waals surface area contributed by atoms with Crippen LogP contribution in [0.5, 0.6) is 5.75 Å².